The number of H-pyrrole nitrogens is 1. The first-order valence-electron chi connectivity index (χ1n) is 12.0. The molecule has 4 heterocycles. The number of halogens is 1. The highest BCUT2D eigenvalue weighted by Gasteiger charge is 2.38. The lowest BCUT2D eigenvalue weighted by molar-refractivity contribution is -0.162. The minimum absolute atomic E-state index is 0.132. The van der Waals surface area contributed by atoms with E-state index in [1.807, 2.05) is 37.8 Å². The van der Waals surface area contributed by atoms with Crippen molar-refractivity contribution >= 4 is 51.0 Å². The molecule has 0 saturated carbocycles. The van der Waals surface area contributed by atoms with E-state index in [0.29, 0.717) is 23.8 Å². The van der Waals surface area contributed by atoms with E-state index in [2.05, 4.69) is 25.3 Å². The Morgan fingerprint density at radius 2 is 2.03 bits per heavy atom. The summed E-state index contributed by atoms with van der Waals surface area (Å²) < 4.78 is 5.57. The van der Waals surface area contributed by atoms with Gasteiger partial charge in [0, 0.05) is 53.5 Å². The Bertz CT molecular complexity index is 1440. The molecule has 2 unspecified atom stereocenters. The lowest BCUT2D eigenvalue weighted by Crippen LogP contribution is -2.59. The number of rotatable bonds is 5. The van der Waals surface area contributed by atoms with E-state index in [9.17, 15) is 14.7 Å². The number of carboxylic acids is 1. The molecule has 0 radical (unpaired) electrons. The first-order valence-corrected chi connectivity index (χ1v) is 12.4. The number of nitrogen functional groups attached to an aromatic ring is 1. The second-order valence-corrected chi connectivity index (χ2v) is 10.2. The maximum atomic E-state index is 12.1. The summed E-state index contributed by atoms with van der Waals surface area (Å²) in [4.78, 5) is 40.3. The number of nitrogens with zero attached hydrogens (tertiary/aromatic N) is 4. The molecule has 38 heavy (non-hydrogen) atoms. The highest BCUT2D eigenvalue weighted by Crippen LogP contribution is 2.31. The van der Waals surface area contributed by atoms with Gasteiger partial charge in [-0.1, -0.05) is 11.6 Å². The number of aromatic nitrogens is 4. The van der Waals surface area contributed by atoms with Gasteiger partial charge in [-0.25, -0.2) is 4.98 Å². The Kier molecular flexibility index (Phi) is 8.10. The Morgan fingerprint density at radius 3 is 2.74 bits per heavy atom. The van der Waals surface area contributed by atoms with Crippen LogP contribution >= 0.6 is 11.6 Å². The van der Waals surface area contributed by atoms with Crippen molar-refractivity contribution in [2.45, 2.75) is 38.5 Å². The molecular weight excluding hydrogens is 510 g/mol. The molecule has 200 valence electrons. The van der Waals surface area contributed by atoms with Crippen LogP contribution in [0.5, 0.6) is 0 Å². The predicted molar refractivity (Wildman–Crippen MR) is 145 cm³/mol. The lowest BCUT2D eigenvalue weighted by atomic mass is 10.0. The summed E-state index contributed by atoms with van der Waals surface area (Å²) in [6.45, 7) is 6.69. The number of anilines is 1. The Morgan fingerprint density at radius 1 is 1.26 bits per heavy atom. The Hall–Kier alpha value is -3.80. The quantitative estimate of drug-likeness (QED) is 0.279. The number of amides is 1. The van der Waals surface area contributed by atoms with Crippen molar-refractivity contribution in [1.82, 2.24) is 30.2 Å². The molecule has 1 aliphatic rings. The normalized spacial score (nSPS) is 17.9. The fourth-order valence-corrected chi connectivity index (χ4v) is 4.66. The second kappa shape index (κ2) is 11.3. The lowest BCUT2D eigenvalue weighted by Gasteiger charge is -2.42. The van der Waals surface area contributed by atoms with Gasteiger partial charge in [-0.05, 0) is 39.0 Å². The highest BCUT2D eigenvalue weighted by atomic mass is 35.5. The van der Waals surface area contributed by atoms with E-state index in [4.69, 9.17) is 22.1 Å². The third-order valence-corrected chi connectivity index (χ3v) is 6.35. The highest BCUT2D eigenvalue weighted by molar-refractivity contribution is 6.32. The van der Waals surface area contributed by atoms with Crippen LogP contribution in [0, 0.1) is 0 Å². The summed E-state index contributed by atoms with van der Waals surface area (Å²) >= 11 is 5.97. The van der Waals surface area contributed by atoms with E-state index in [0.717, 1.165) is 21.8 Å². The van der Waals surface area contributed by atoms with Gasteiger partial charge in [-0.2, -0.15) is 0 Å². The van der Waals surface area contributed by atoms with Crippen LogP contribution in [-0.4, -0.2) is 79.2 Å². The molecule has 1 aliphatic heterocycles. The molecule has 3 aromatic heterocycles. The van der Waals surface area contributed by atoms with Crippen LogP contribution in [0.1, 0.15) is 31.3 Å². The van der Waals surface area contributed by atoms with Crippen molar-refractivity contribution in [2.24, 2.45) is 0 Å². The third kappa shape index (κ3) is 6.36. The minimum atomic E-state index is -0.923. The number of nitrogens with two attached hydrogens (primary N) is 1. The van der Waals surface area contributed by atoms with E-state index in [-0.39, 0.29) is 24.2 Å². The van der Waals surface area contributed by atoms with Crippen LogP contribution in [0.3, 0.4) is 0 Å². The number of hydrogen-bond donors (Lipinski definition) is 4. The predicted octanol–water partition coefficient (Wildman–Crippen LogP) is 3.11. The SMILES string of the molecule is CC(CN1CC(C)(C)OCC1C(=O)O)NC(=O)c1cnccn1.Nc1cc(Cl)cc2c1[nH]c1cnccc12. The van der Waals surface area contributed by atoms with Gasteiger partial charge in [-0.3, -0.25) is 24.5 Å². The largest absolute Gasteiger partial charge is 0.480 e. The zero-order chi connectivity index (χ0) is 27.4. The van der Waals surface area contributed by atoms with E-state index in [1.165, 1.54) is 18.6 Å². The fourth-order valence-electron chi connectivity index (χ4n) is 4.43. The maximum absolute atomic E-state index is 12.1. The number of ether oxygens (including phenoxy) is 1. The van der Waals surface area contributed by atoms with Crippen LogP contribution in [0.2, 0.25) is 5.02 Å². The molecule has 0 bridgehead atoms. The van der Waals surface area contributed by atoms with Crippen LogP contribution in [-0.2, 0) is 9.53 Å². The summed E-state index contributed by atoms with van der Waals surface area (Å²) in [5.74, 6) is -1.25. The van der Waals surface area contributed by atoms with Crippen molar-refractivity contribution in [3.63, 3.8) is 0 Å². The molecule has 1 saturated heterocycles. The van der Waals surface area contributed by atoms with Crippen molar-refractivity contribution in [1.29, 1.82) is 0 Å². The molecule has 11 nitrogen and oxygen atoms in total. The van der Waals surface area contributed by atoms with Crippen molar-refractivity contribution < 1.29 is 19.4 Å². The van der Waals surface area contributed by atoms with Crippen LogP contribution in [0.4, 0.5) is 5.69 Å². The number of pyridine rings is 1. The molecule has 0 aliphatic carbocycles. The molecule has 5 rings (SSSR count). The van der Waals surface area contributed by atoms with Gasteiger partial charge < -0.3 is 25.9 Å². The number of carbonyl (C=O) groups is 2. The van der Waals surface area contributed by atoms with Gasteiger partial charge in [0.1, 0.15) is 11.7 Å². The van der Waals surface area contributed by atoms with Crippen LogP contribution in [0.25, 0.3) is 21.8 Å². The van der Waals surface area contributed by atoms with E-state index in [1.54, 1.807) is 18.5 Å². The average molecular weight is 540 g/mol. The van der Waals surface area contributed by atoms with Gasteiger partial charge >= 0.3 is 5.97 Å². The topological polar surface area (TPSA) is 159 Å². The maximum Gasteiger partial charge on any atom is 0.323 e. The number of carboxylic acid groups (broad SMARTS) is 1. The van der Waals surface area contributed by atoms with E-state index >= 15 is 0 Å². The zero-order valence-electron chi connectivity index (χ0n) is 21.3. The third-order valence-electron chi connectivity index (χ3n) is 6.13. The van der Waals surface area contributed by atoms with Gasteiger partial charge in [-0.15, -0.1) is 0 Å². The molecule has 0 spiro atoms. The summed E-state index contributed by atoms with van der Waals surface area (Å²) in [5.41, 5.74) is 8.25. The molecule has 2 atom stereocenters. The number of carbonyl (C=O) groups excluding carboxylic acids is 1. The standard InChI is InChI=1S/C15H22N4O4.C11H8ClN3/c1-10(18-13(20)11-6-16-4-5-17-11)7-19-9-15(2,3)23-8-12(19)14(21)22;12-6-3-8-7-1-2-14-5-10(7)15-11(8)9(13)4-6/h4-6,10,12H,7-9H2,1-3H3,(H,18,20)(H,21,22);1-5,15H,13H2. The summed E-state index contributed by atoms with van der Waals surface area (Å²) in [5, 5.41) is 14.9. The monoisotopic (exact) mass is 539 g/mol. The number of nitrogens with one attached hydrogen (secondary N) is 2. The molecule has 5 N–H and O–H groups in total. The van der Waals surface area contributed by atoms with Crippen LogP contribution in [0.15, 0.2) is 49.2 Å². The first kappa shape index (κ1) is 27.2. The molecule has 1 fully saturated rings. The van der Waals surface area contributed by atoms with Gasteiger partial charge in [0.25, 0.3) is 5.91 Å². The van der Waals surface area contributed by atoms with Gasteiger partial charge in [0.05, 0.1) is 41.3 Å². The molecular formula is C26H30ClN7O4. The van der Waals surface area contributed by atoms with Crippen molar-refractivity contribution in [3.8, 4) is 0 Å². The average Bonchev–Trinajstić information content (AvgIpc) is 3.23. The Labute approximate surface area is 224 Å². The molecule has 4 aromatic rings. The summed E-state index contributed by atoms with van der Waals surface area (Å²) in [7, 11) is 0. The van der Waals surface area contributed by atoms with Crippen molar-refractivity contribution in [3.05, 3.63) is 59.9 Å². The van der Waals surface area contributed by atoms with E-state index < -0.39 is 17.6 Å². The molecule has 12 heteroatoms. The first-order chi connectivity index (χ1) is 18.0. The number of aliphatic carboxylic acids is 1. The zero-order valence-corrected chi connectivity index (χ0v) is 22.1. The minimum Gasteiger partial charge on any atom is -0.480 e. The van der Waals surface area contributed by atoms with Crippen LogP contribution < -0.4 is 11.1 Å². The van der Waals surface area contributed by atoms with Gasteiger partial charge in [0.2, 0.25) is 0 Å². The van der Waals surface area contributed by atoms with Gasteiger partial charge in [0.15, 0.2) is 0 Å². The molecule has 1 aromatic carbocycles. The number of hydrogen-bond acceptors (Lipinski definition) is 8. The number of benzene rings is 1. The second-order valence-electron chi connectivity index (χ2n) is 9.78. The summed E-state index contributed by atoms with van der Waals surface area (Å²) in [6, 6.07) is 4.65. The number of morpholine rings is 1. The number of fused-ring (bicyclic) bond motifs is 3. The number of aromatic amines is 1. The molecule has 1 amide bonds. The summed E-state index contributed by atoms with van der Waals surface area (Å²) in [6.07, 6.45) is 7.87. The Balaban J connectivity index is 0.000000192. The van der Waals surface area contributed by atoms with Crippen molar-refractivity contribution in [2.75, 3.05) is 25.4 Å². The smallest absolute Gasteiger partial charge is 0.323 e. The fraction of sp³-hybridized carbons (Fsp3) is 0.346.